The fourth-order valence-corrected chi connectivity index (χ4v) is 14.7. The van der Waals surface area contributed by atoms with E-state index in [-0.39, 0.29) is 46.2 Å². The molecule has 304 valence electrons. The number of aliphatic carboxylic acids is 1. The first-order chi connectivity index (χ1) is 26.9. The minimum atomic E-state index is -0.799. The number of nitrogens with zero attached hydrogens (tertiary/aromatic N) is 2. The molecular weight excluding hydrogens is 701 g/mol. The van der Waals surface area contributed by atoms with E-state index >= 15 is 4.79 Å². The van der Waals surface area contributed by atoms with Gasteiger partial charge in [-0.25, -0.2) is 4.98 Å². The number of amides is 1. The van der Waals surface area contributed by atoms with E-state index in [1.54, 1.807) is 12.3 Å². The minimum absolute atomic E-state index is 0.0761. The van der Waals surface area contributed by atoms with Crippen LogP contribution in [0.25, 0.3) is 11.3 Å². The van der Waals surface area contributed by atoms with Crippen molar-refractivity contribution < 1.29 is 28.6 Å². The van der Waals surface area contributed by atoms with E-state index < -0.39 is 11.9 Å². The molecule has 9 rings (SSSR count). The van der Waals surface area contributed by atoms with E-state index in [9.17, 15) is 14.7 Å². The number of carbonyl (C=O) groups is 3. The summed E-state index contributed by atoms with van der Waals surface area (Å²) in [5.41, 5.74) is 2.12. The fourth-order valence-electron chi connectivity index (χ4n) is 14.7. The van der Waals surface area contributed by atoms with E-state index in [4.69, 9.17) is 14.1 Å². The average Bonchev–Trinajstić information content (AvgIpc) is 3.96. The molecule has 1 aromatic carbocycles. The molecule has 8 nitrogen and oxygen atoms in total. The summed E-state index contributed by atoms with van der Waals surface area (Å²) >= 11 is 0. The van der Waals surface area contributed by atoms with Gasteiger partial charge in [-0.15, -0.1) is 6.58 Å². The molecule has 2 aromatic rings. The highest BCUT2D eigenvalue weighted by Crippen LogP contribution is 2.72. The van der Waals surface area contributed by atoms with Crippen LogP contribution in [0.1, 0.15) is 136 Å². The highest BCUT2D eigenvalue weighted by atomic mass is 16.5. The van der Waals surface area contributed by atoms with Crippen molar-refractivity contribution in [1.82, 2.24) is 9.88 Å². The van der Waals surface area contributed by atoms with Crippen LogP contribution in [-0.2, 0) is 19.1 Å². The Morgan fingerprint density at radius 1 is 0.875 bits per heavy atom. The van der Waals surface area contributed by atoms with E-state index in [0.717, 1.165) is 69.2 Å². The maximum Gasteiger partial charge on any atom is 0.309 e. The van der Waals surface area contributed by atoms with Crippen LogP contribution in [0.4, 0.5) is 0 Å². The predicted octanol–water partition coefficient (Wildman–Crippen LogP) is 10.5. The lowest BCUT2D eigenvalue weighted by molar-refractivity contribution is -0.206. The first-order valence-electron chi connectivity index (χ1n) is 22.2. The lowest BCUT2D eigenvalue weighted by atomic mass is 9.37. The van der Waals surface area contributed by atoms with Crippen LogP contribution in [0.5, 0.6) is 0 Å². The summed E-state index contributed by atoms with van der Waals surface area (Å²) in [5, 5.41) is 9.44. The number of ether oxygens (including phenoxy) is 1. The van der Waals surface area contributed by atoms with Gasteiger partial charge in [-0.05, 0) is 143 Å². The summed E-state index contributed by atoms with van der Waals surface area (Å²) in [6, 6.07) is 10.1. The zero-order chi connectivity index (χ0) is 39.6. The number of carboxylic acid groups (broad SMARTS) is 1. The van der Waals surface area contributed by atoms with Crippen LogP contribution < -0.4 is 0 Å². The third-order valence-electron chi connectivity index (χ3n) is 17.5. The van der Waals surface area contributed by atoms with Gasteiger partial charge in [-0.3, -0.25) is 14.4 Å². The Balaban J connectivity index is 0.00000143. The molecule has 7 fully saturated rings. The minimum Gasteiger partial charge on any atom is -0.481 e. The number of fused-ring (bicyclic) bond motifs is 7. The standard InChI is InChI=1S/C45H60N2O6.C3H6/c1-26-30(40(48)49)24-31(26)41(50)53-37-18-21-43(3)32(27(37)2)16-20-44(4)33-17-22-45(19-8-12-34(45)29(33)14-15-38(43)44)42(51)47-23-9-13-36(47)39-46-35(25-52-39)28-10-6-5-7-11-28;1-3-2/h5-7,10-11,25-27,29-34,36-38H,8-9,12-24H2,1-4H3,(H,48,49);3H,1H2,2H3. The third-order valence-corrected chi connectivity index (χ3v) is 17.5. The largest absolute Gasteiger partial charge is 0.481 e. The van der Waals surface area contributed by atoms with Crippen molar-refractivity contribution in [3.63, 3.8) is 0 Å². The Hall–Kier alpha value is -3.42. The number of hydrogen-bond acceptors (Lipinski definition) is 6. The molecule has 0 radical (unpaired) electrons. The number of esters is 1. The second-order valence-corrected chi connectivity index (χ2v) is 19.8. The number of aromatic nitrogens is 1. The molecule has 1 aromatic heterocycles. The molecule has 6 aliphatic carbocycles. The summed E-state index contributed by atoms with van der Waals surface area (Å²) < 4.78 is 12.4. The zero-order valence-electron chi connectivity index (χ0n) is 34.6. The molecule has 56 heavy (non-hydrogen) atoms. The Bertz CT molecular complexity index is 1790. The second-order valence-electron chi connectivity index (χ2n) is 19.8. The Morgan fingerprint density at radius 2 is 1.59 bits per heavy atom. The maximum atomic E-state index is 15.0. The summed E-state index contributed by atoms with van der Waals surface area (Å²) in [6.07, 6.45) is 18.1. The molecule has 0 spiro atoms. The van der Waals surface area contributed by atoms with Gasteiger partial charge in [-0.2, -0.15) is 0 Å². The topological polar surface area (TPSA) is 110 Å². The number of benzene rings is 1. The first-order valence-corrected chi connectivity index (χ1v) is 22.2. The number of rotatable bonds is 6. The predicted molar refractivity (Wildman–Crippen MR) is 216 cm³/mol. The Labute approximate surface area is 334 Å². The lowest BCUT2D eigenvalue weighted by Gasteiger charge is -2.67. The van der Waals surface area contributed by atoms with Gasteiger partial charge in [0.15, 0.2) is 0 Å². The van der Waals surface area contributed by atoms with E-state index in [1.165, 1.54) is 32.1 Å². The summed E-state index contributed by atoms with van der Waals surface area (Å²) in [7, 11) is 0. The van der Waals surface area contributed by atoms with Gasteiger partial charge < -0.3 is 19.2 Å². The fraction of sp³-hybridized carbons (Fsp3) is 0.708. The van der Waals surface area contributed by atoms with E-state index in [1.807, 2.05) is 32.0 Å². The van der Waals surface area contributed by atoms with Crippen LogP contribution >= 0.6 is 0 Å². The molecule has 1 N–H and O–H groups in total. The number of carbonyl (C=O) groups excluding carboxylic acids is 2. The van der Waals surface area contributed by atoms with Crippen LogP contribution in [0.3, 0.4) is 0 Å². The van der Waals surface area contributed by atoms with Crippen molar-refractivity contribution in [3.8, 4) is 11.3 Å². The van der Waals surface area contributed by atoms with Gasteiger partial charge in [-0.1, -0.05) is 70.5 Å². The Morgan fingerprint density at radius 3 is 2.32 bits per heavy atom. The van der Waals surface area contributed by atoms with Crippen LogP contribution in [-0.4, -0.2) is 45.5 Å². The highest BCUT2D eigenvalue weighted by molar-refractivity contribution is 5.84. The number of carboxylic acids is 1. The lowest BCUT2D eigenvalue weighted by Crippen LogP contribution is -2.62. The monoisotopic (exact) mass is 766 g/mol. The summed E-state index contributed by atoms with van der Waals surface area (Å²) in [4.78, 5) is 46.9. The molecule has 1 saturated heterocycles. The molecule has 8 heteroatoms. The molecule has 7 aliphatic rings. The molecule has 1 aliphatic heterocycles. The van der Waals surface area contributed by atoms with Gasteiger partial charge in [0.05, 0.1) is 17.3 Å². The quantitative estimate of drug-likeness (QED) is 0.230. The van der Waals surface area contributed by atoms with Crippen molar-refractivity contribution in [2.24, 2.45) is 69.5 Å². The van der Waals surface area contributed by atoms with Crippen molar-refractivity contribution in [2.75, 3.05) is 6.54 Å². The van der Waals surface area contributed by atoms with Crippen LogP contribution in [0.15, 0.2) is 53.7 Å². The zero-order valence-corrected chi connectivity index (χ0v) is 34.6. The van der Waals surface area contributed by atoms with Crippen molar-refractivity contribution in [2.45, 2.75) is 137 Å². The third kappa shape index (κ3) is 6.20. The van der Waals surface area contributed by atoms with Gasteiger partial charge in [0.2, 0.25) is 11.8 Å². The molecule has 2 heterocycles. The van der Waals surface area contributed by atoms with E-state index in [2.05, 4.69) is 44.4 Å². The number of hydrogen-bond donors (Lipinski definition) is 1. The van der Waals surface area contributed by atoms with Gasteiger partial charge in [0, 0.05) is 12.1 Å². The smallest absolute Gasteiger partial charge is 0.309 e. The summed E-state index contributed by atoms with van der Waals surface area (Å²) in [5.74, 6) is 2.44. The van der Waals surface area contributed by atoms with Gasteiger partial charge in [0.1, 0.15) is 24.1 Å². The number of oxazole rings is 1. The van der Waals surface area contributed by atoms with Gasteiger partial charge >= 0.3 is 11.9 Å². The van der Waals surface area contributed by atoms with E-state index in [0.29, 0.717) is 53.7 Å². The SMILES string of the molecule is C=CC.CC1C(C(=O)O)CC1C(=O)OC1CCC2(C)C(CCC3(C)C4CCC5(C(=O)N6CCCC6c6nc(-c7ccccc7)co6)CCCC5C4CCC23)C1C. The van der Waals surface area contributed by atoms with Crippen LogP contribution in [0, 0.1) is 69.5 Å². The first kappa shape index (κ1) is 39.4. The average molecular weight is 767 g/mol. The number of allylic oxidation sites excluding steroid dienone is 1. The normalized spacial score (nSPS) is 42.4. The van der Waals surface area contributed by atoms with Crippen molar-refractivity contribution in [1.29, 1.82) is 0 Å². The van der Waals surface area contributed by atoms with Gasteiger partial charge in [0.25, 0.3) is 0 Å². The number of likely N-dealkylation sites (tertiary alicyclic amines) is 1. The maximum absolute atomic E-state index is 15.0. The molecule has 1 amide bonds. The van der Waals surface area contributed by atoms with Crippen molar-refractivity contribution in [3.05, 3.63) is 55.1 Å². The molecule has 6 saturated carbocycles. The molecular formula is C48H66N2O6. The highest BCUT2D eigenvalue weighted by Gasteiger charge is 2.66. The summed E-state index contributed by atoms with van der Waals surface area (Å²) in [6.45, 7) is 15.5. The van der Waals surface area contributed by atoms with Crippen LogP contribution in [0.2, 0.25) is 0 Å². The molecule has 14 atom stereocenters. The van der Waals surface area contributed by atoms with Crippen molar-refractivity contribution >= 4 is 17.8 Å². The second kappa shape index (κ2) is 15.1. The molecule has 14 unspecified atom stereocenters. The molecule has 0 bridgehead atoms. The Kier molecular flexibility index (Phi) is 10.6.